The number of hydrogen-bond donors (Lipinski definition) is 2. The van der Waals surface area contributed by atoms with Gasteiger partial charge >= 0.3 is 0 Å². The van der Waals surface area contributed by atoms with Gasteiger partial charge in [0.2, 0.25) is 0 Å². The van der Waals surface area contributed by atoms with Crippen LogP contribution < -0.4 is 5.73 Å². The molecule has 0 atom stereocenters. The summed E-state index contributed by atoms with van der Waals surface area (Å²) in [4.78, 5) is 7.98. The van der Waals surface area contributed by atoms with Crippen molar-refractivity contribution in [2.45, 2.75) is 13.8 Å². The number of nitrogens with zero attached hydrogens (tertiary/aromatic N) is 3. The van der Waals surface area contributed by atoms with Crippen molar-refractivity contribution in [1.29, 1.82) is 0 Å². The first-order valence-corrected chi connectivity index (χ1v) is 8.63. The van der Waals surface area contributed by atoms with Crippen molar-refractivity contribution < 1.29 is 5.21 Å². The average Bonchev–Trinajstić information content (AvgIpc) is 2.43. The Hall–Kier alpha value is -0.510. The fraction of sp³-hybridized carbons (Fsp3) is 0.154. The molecule has 2 aromatic rings. The molecule has 0 aliphatic carbocycles. The molecule has 0 aliphatic heterocycles. The normalized spacial score (nSPS) is 9.82. The topological polar surface area (TPSA) is 84.4 Å². The number of nitrogens with two attached hydrogens (primary N) is 1. The molecule has 0 bridgehead atoms. The van der Waals surface area contributed by atoms with Crippen LogP contribution in [0.5, 0.6) is 0 Å². The summed E-state index contributed by atoms with van der Waals surface area (Å²) in [6, 6.07) is 3.75. The number of hydrogen-bond acceptors (Lipinski definition) is 5. The molecule has 2 aromatic heterocycles. The first-order valence-electron chi connectivity index (χ1n) is 5.46. The lowest BCUT2D eigenvalue weighted by Crippen LogP contribution is -1.92. The van der Waals surface area contributed by atoms with E-state index in [0.29, 0.717) is 12.2 Å². The second-order valence-electron chi connectivity index (χ2n) is 3.60. The van der Waals surface area contributed by atoms with Gasteiger partial charge in [-0.1, -0.05) is 7.43 Å². The number of pyridine rings is 2. The summed E-state index contributed by atoms with van der Waals surface area (Å²) in [7, 11) is 0. The van der Waals surface area contributed by atoms with E-state index in [1.54, 1.807) is 12.4 Å². The highest BCUT2D eigenvalue weighted by Crippen LogP contribution is 2.20. The van der Waals surface area contributed by atoms with Gasteiger partial charge in [0.15, 0.2) is 0 Å². The first kappa shape index (κ1) is 21.5. The molecule has 9 heteroatoms. The Morgan fingerprint density at radius 2 is 1.59 bits per heavy atom. The molecule has 3 N–H and O–H groups in total. The van der Waals surface area contributed by atoms with Crippen LogP contribution in [0.2, 0.25) is 0 Å². The molecule has 0 spiro atoms. The van der Waals surface area contributed by atoms with Gasteiger partial charge in [-0.3, -0.25) is 4.98 Å². The minimum atomic E-state index is 0. The molecule has 0 unspecified atom stereocenters. The van der Waals surface area contributed by atoms with Gasteiger partial charge in [-0.05, 0) is 75.9 Å². The summed E-state index contributed by atoms with van der Waals surface area (Å²) in [6.07, 6.45) is 5.26. The van der Waals surface area contributed by atoms with E-state index in [1.165, 1.54) is 6.21 Å². The largest absolute Gasteiger partial charge is 0.411 e. The third-order valence-corrected chi connectivity index (χ3v) is 4.28. The fourth-order valence-electron chi connectivity index (χ4n) is 1.15. The SMILES string of the molecule is C.Nc1ncc(Br)cc1Br.O/N=C\Cc1ncc(Br)cc1Br. The van der Waals surface area contributed by atoms with Crippen LogP contribution in [-0.4, -0.2) is 21.4 Å². The lowest BCUT2D eigenvalue weighted by Gasteiger charge is -1.98. The standard InChI is InChI=1S/C7H6Br2N2O.C5H4Br2N2.CH4/c8-5-3-6(9)7(10-4-5)1-2-11-12;6-3-1-4(7)5(8)9-2-3;/h2-4,12H,1H2;1-2H,(H2,8,9);1H4/b11-2-;;. The molecule has 0 aromatic carbocycles. The van der Waals surface area contributed by atoms with Gasteiger partial charge in [-0.15, -0.1) is 5.16 Å². The van der Waals surface area contributed by atoms with Gasteiger partial charge in [-0.2, -0.15) is 0 Å². The number of anilines is 1. The van der Waals surface area contributed by atoms with Crippen molar-refractivity contribution in [1.82, 2.24) is 9.97 Å². The number of aromatic nitrogens is 2. The monoisotopic (exact) mass is 558 g/mol. The van der Waals surface area contributed by atoms with Gasteiger partial charge in [0.25, 0.3) is 0 Å². The Morgan fingerprint density at radius 3 is 2.05 bits per heavy atom. The molecule has 5 nitrogen and oxygen atoms in total. The molecular weight excluding hydrogens is 548 g/mol. The van der Waals surface area contributed by atoms with Crippen molar-refractivity contribution in [3.8, 4) is 0 Å². The van der Waals surface area contributed by atoms with Crippen LogP contribution in [0.3, 0.4) is 0 Å². The third kappa shape index (κ3) is 7.66. The molecule has 0 saturated heterocycles. The highest BCUT2D eigenvalue weighted by Gasteiger charge is 1.99. The van der Waals surface area contributed by atoms with Crippen molar-refractivity contribution >= 4 is 75.8 Å². The van der Waals surface area contributed by atoms with Crippen LogP contribution in [-0.2, 0) is 6.42 Å². The van der Waals surface area contributed by atoms with E-state index < -0.39 is 0 Å². The Bertz CT molecular complexity index is 637. The van der Waals surface area contributed by atoms with Crippen LogP contribution >= 0.6 is 63.7 Å². The van der Waals surface area contributed by atoms with Crippen LogP contribution in [0.25, 0.3) is 0 Å². The van der Waals surface area contributed by atoms with Crippen molar-refractivity contribution in [3.63, 3.8) is 0 Å². The summed E-state index contributed by atoms with van der Waals surface area (Å²) in [5.41, 5.74) is 6.25. The molecule has 0 radical (unpaired) electrons. The maximum absolute atomic E-state index is 8.19. The van der Waals surface area contributed by atoms with E-state index >= 15 is 0 Å². The maximum atomic E-state index is 8.19. The van der Waals surface area contributed by atoms with Crippen LogP contribution in [0.1, 0.15) is 13.1 Å². The molecule has 0 fully saturated rings. The maximum Gasteiger partial charge on any atom is 0.137 e. The number of rotatable bonds is 2. The molecule has 0 saturated carbocycles. The highest BCUT2D eigenvalue weighted by atomic mass is 79.9. The molecule has 22 heavy (non-hydrogen) atoms. The molecule has 0 aliphatic rings. The summed E-state index contributed by atoms with van der Waals surface area (Å²) >= 11 is 13.1. The fourth-order valence-corrected chi connectivity index (χ4v) is 3.28. The molecule has 0 amide bonds. The van der Waals surface area contributed by atoms with Crippen molar-refractivity contribution in [2.75, 3.05) is 5.73 Å². The quantitative estimate of drug-likeness (QED) is 0.291. The van der Waals surface area contributed by atoms with Crippen molar-refractivity contribution in [3.05, 3.63) is 48.1 Å². The summed E-state index contributed by atoms with van der Waals surface area (Å²) in [5.74, 6) is 0.512. The summed E-state index contributed by atoms with van der Waals surface area (Å²) in [5, 5.41) is 11.1. The predicted octanol–water partition coefficient (Wildman–Crippen LogP) is 5.43. The van der Waals surface area contributed by atoms with Gasteiger partial charge < -0.3 is 10.9 Å². The Labute approximate surface area is 162 Å². The minimum absolute atomic E-state index is 0. The molecule has 120 valence electrons. The lowest BCUT2D eigenvalue weighted by atomic mass is 10.3. The van der Waals surface area contributed by atoms with Crippen LogP contribution in [0.15, 0.2) is 47.6 Å². The average molecular weight is 562 g/mol. The molecule has 2 rings (SSSR count). The summed E-state index contributed by atoms with van der Waals surface area (Å²) in [6.45, 7) is 0. The van der Waals surface area contributed by atoms with Crippen LogP contribution in [0.4, 0.5) is 5.82 Å². The van der Waals surface area contributed by atoms with Crippen LogP contribution in [0, 0.1) is 0 Å². The van der Waals surface area contributed by atoms with Gasteiger partial charge in [0.1, 0.15) is 5.82 Å². The highest BCUT2D eigenvalue weighted by molar-refractivity contribution is 9.11. The second kappa shape index (κ2) is 11.1. The number of halogens is 4. The number of nitrogen functional groups attached to an aromatic ring is 1. The van der Waals surface area contributed by atoms with E-state index in [4.69, 9.17) is 10.9 Å². The summed E-state index contributed by atoms with van der Waals surface area (Å²) < 4.78 is 3.55. The zero-order valence-corrected chi connectivity index (χ0v) is 16.8. The Morgan fingerprint density at radius 1 is 1.05 bits per heavy atom. The zero-order chi connectivity index (χ0) is 15.8. The smallest absolute Gasteiger partial charge is 0.137 e. The van der Waals surface area contributed by atoms with Gasteiger partial charge in [0.05, 0.1) is 10.2 Å². The Kier molecular flexibility index (Phi) is 10.8. The zero-order valence-electron chi connectivity index (χ0n) is 10.5. The Balaban J connectivity index is 0.000000397. The lowest BCUT2D eigenvalue weighted by molar-refractivity contribution is 0.320. The van der Waals surface area contributed by atoms with Crippen molar-refractivity contribution in [2.24, 2.45) is 5.16 Å². The number of oxime groups is 1. The van der Waals surface area contributed by atoms with E-state index in [9.17, 15) is 0 Å². The third-order valence-electron chi connectivity index (χ3n) is 2.09. The van der Waals surface area contributed by atoms with E-state index in [-0.39, 0.29) is 7.43 Å². The molecular formula is C13H14Br4N4O. The van der Waals surface area contributed by atoms with Gasteiger partial charge in [-0.25, -0.2) is 4.98 Å². The molecule has 2 heterocycles. The minimum Gasteiger partial charge on any atom is -0.411 e. The second-order valence-corrected chi connectivity index (χ2v) is 7.14. The van der Waals surface area contributed by atoms with E-state index in [2.05, 4.69) is 78.8 Å². The first-order chi connectivity index (χ1) is 9.93. The van der Waals surface area contributed by atoms with Gasteiger partial charge in [0, 0.05) is 38.4 Å². The van der Waals surface area contributed by atoms with E-state index in [1.807, 2.05) is 12.1 Å². The van der Waals surface area contributed by atoms with E-state index in [0.717, 1.165) is 23.6 Å². The predicted molar refractivity (Wildman–Crippen MR) is 104 cm³/mol.